The molecule has 0 spiro atoms. The molecule has 82 valence electrons. The van der Waals surface area contributed by atoms with Gasteiger partial charge in [0.1, 0.15) is 9.65 Å². The van der Waals surface area contributed by atoms with Crippen molar-refractivity contribution in [1.82, 2.24) is 0 Å². The van der Waals surface area contributed by atoms with Gasteiger partial charge in [-0.3, -0.25) is 9.59 Å². The summed E-state index contributed by atoms with van der Waals surface area (Å²) in [5, 5.41) is 0. The fraction of sp³-hybridized carbons (Fsp3) is 0.750. The lowest BCUT2D eigenvalue weighted by Crippen LogP contribution is -2.20. The highest BCUT2D eigenvalue weighted by Crippen LogP contribution is 2.16. The lowest BCUT2D eigenvalue weighted by molar-refractivity contribution is -0.141. The van der Waals surface area contributed by atoms with Crippen LogP contribution in [0.2, 0.25) is 0 Å². The predicted octanol–water partition coefficient (Wildman–Crippen LogP) is 1.64. The van der Waals surface area contributed by atoms with E-state index in [1.807, 2.05) is 0 Å². The van der Waals surface area contributed by atoms with E-state index in [4.69, 9.17) is 0 Å². The molecule has 0 aromatic heterocycles. The summed E-state index contributed by atoms with van der Waals surface area (Å²) in [6.45, 7) is 0. The third-order valence-electron chi connectivity index (χ3n) is 1.59. The van der Waals surface area contributed by atoms with Crippen molar-refractivity contribution < 1.29 is 19.1 Å². The van der Waals surface area contributed by atoms with E-state index in [0.717, 1.165) is 0 Å². The van der Waals surface area contributed by atoms with Crippen molar-refractivity contribution in [2.45, 2.75) is 22.5 Å². The maximum atomic E-state index is 11.0. The van der Waals surface area contributed by atoms with Crippen molar-refractivity contribution >= 4 is 43.8 Å². The van der Waals surface area contributed by atoms with E-state index in [9.17, 15) is 9.59 Å². The van der Waals surface area contributed by atoms with Gasteiger partial charge < -0.3 is 9.47 Å². The zero-order valence-corrected chi connectivity index (χ0v) is 11.1. The third-order valence-corrected chi connectivity index (χ3v) is 3.25. The highest BCUT2D eigenvalue weighted by Gasteiger charge is 2.20. The van der Waals surface area contributed by atoms with Gasteiger partial charge in [0.25, 0.3) is 0 Å². The number of alkyl halides is 2. The molecule has 14 heavy (non-hydrogen) atoms. The predicted molar refractivity (Wildman–Crippen MR) is 58.7 cm³/mol. The molecule has 0 aliphatic rings. The smallest absolute Gasteiger partial charge is 0.319 e. The Kier molecular flexibility index (Phi) is 7.17. The molecule has 2 atom stereocenters. The molecule has 0 saturated carbocycles. The first kappa shape index (κ1) is 13.9. The first-order valence-corrected chi connectivity index (χ1v) is 5.79. The lowest BCUT2D eigenvalue weighted by Gasteiger charge is -2.09. The van der Waals surface area contributed by atoms with E-state index < -0.39 is 0 Å². The van der Waals surface area contributed by atoms with Crippen molar-refractivity contribution in [2.24, 2.45) is 0 Å². The molecule has 0 heterocycles. The van der Waals surface area contributed by atoms with Crippen molar-refractivity contribution in [2.75, 3.05) is 14.2 Å². The minimum Gasteiger partial charge on any atom is -0.468 e. The first-order valence-electron chi connectivity index (χ1n) is 3.96. The molecular weight excluding hydrogens is 320 g/mol. The molecule has 0 amide bonds. The van der Waals surface area contributed by atoms with Crippen molar-refractivity contribution in [3.8, 4) is 0 Å². The number of esters is 2. The fourth-order valence-electron chi connectivity index (χ4n) is 0.784. The van der Waals surface area contributed by atoms with Gasteiger partial charge in [-0.2, -0.15) is 0 Å². The second kappa shape index (κ2) is 7.23. The Hall–Kier alpha value is -0.100. The van der Waals surface area contributed by atoms with Crippen molar-refractivity contribution in [3.05, 3.63) is 0 Å². The van der Waals surface area contributed by atoms with Gasteiger partial charge in [0, 0.05) is 0 Å². The van der Waals surface area contributed by atoms with Crippen LogP contribution in [-0.4, -0.2) is 35.8 Å². The largest absolute Gasteiger partial charge is 0.468 e. The van der Waals surface area contributed by atoms with E-state index in [1.54, 1.807) is 0 Å². The number of carbonyl (C=O) groups is 2. The van der Waals surface area contributed by atoms with Crippen molar-refractivity contribution in [1.29, 1.82) is 0 Å². The molecule has 0 rings (SSSR count). The molecule has 4 nitrogen and oxygen atoms in total. The highest BCUT2D eigenvalue weighted by atomic mass is 79.9. The van der Waals surface area contributed by atoms with Crippen LogP contribution in [0.5, 0.6) is 0 Å². The number of ether oxygens (including phenoxy) is 2. The maximum absolute atomic E-state index is 11.0. The Labute approximate surface area is 99.6 Å². The van der Waals surface area contributed by atoms with Gasteiger partial charge in [-0.1, -0.05) is 31.9 Å². The summed E-state index contributed by atoms with van der Waals surface area (Å²) in [5.41, 5.74) is 0. The Balaban J connectivity index is 3.82. The number of hydrogen-bond donors (Lipinski definition) is 0. The quantitative estimate of drug-likeness (QED) is 0.567. The van der Waals surface area contributed by atoms with Gasteiger partial charge in [0.15, 0.2) is 0 Å². The molecule has 0 unspecified atom stereocenters. The van der Waals surface area contributed by atoms with Gasteiger partial charge in [-0.15, -0.1) is 0 Å². The standard InChI is InChI=1S/C8H12Br2O4/c1-13-7(11)5(9)3-4-6(10)8(12)14-2/h5-6H,3-4H2,1-2H3/t5-,6-/m1/s1. The van der Waals surface area contributed by atoms with E-state index in [-0.39, 0.29) is 21.6 Å². The normalized spacial score (nSPS) is 14.3. The summed E-state index contributed by atoms with van der Waals surface area (Å²) < 4.78 is 9.03. The van der Waals surface area contributed by atoms with Crippen LogP contribution < -0.4 is 0 Å². The molecule has 0 aromatic carbocycles. The van der Waals surface area contributed by atoms with Gasteiger partial charge in [0.05, 0.1) is 14.2 Å². The molecule has 0 radical (unpaired) electrons. The zero-order chi connectivity index (χ0) is 11.1. The molecule has 0 N–H and O–H groups in total. The maximum Gasteiger partial charge on any atom is 0.319 e. The molecule has 0 bridgehead atoms. The molecule has 6 heteroatoms. The second-order valence-corrected chi connectivity index (χ2v) is 4.77. The Morgan fingerprint density at radius 1 is 1.00 bits per heavy atom. The van der Waals surface area contributed by atoms with Crippen LogP contribution in [0.15, 0.2) is 0 Å². The van der Waals surface area contributed by atoms with Gasteiger partial charge in [-0.05, 0) is 12.8 Å². The summed E-state index contributed by atoms with van der Waals surface area (Å²) in [7, 11) is 2.64. The van der Waals surface area contributed by atoms with Crippen molar-refractivity contribution in [3.63, 3.8) is 0 Å². The highest BCUT2D eigenvalue weighted by molar-refractivity contribution is 9.10. The van der Waals surface area contributed by atoms with E-state index in [1.165, 1.54) is 14.2 Å². The summed E-state index contributed by atoms with van der Waals surface area (Å²) in [6, 6.07) is 0. The second-order valence-electron chi connectivity index (χ2n) is 2.56. The van der Waals surface area contributed by atoms with Crippen LogP contribution in [0.4, 0.5) is 0 Å². The Morgan fingerprint density at radius 3 is 1.50 bits per heavy atom. The molecule has 0 fully saturated rings. The Bertz CT molecular complexity index is 186. The van der Waals surface area contributed by atoms with Gasteiger partial charge >= 0.3 is 11.9 Å². The average molecular weight is 332 g/mol. The topological polar surface area (TPSA) is 52.6 Å². The van der Waals surface area contributed by atoms with E-state index >= 15 is 0 Å². The number of halogens is 2. The van der Waals surface area contributed by atoms with Crippen LogP contribution >= 0.6 is 31.9 Å². The van der Waals surface area contributed by atoms with Crippen LogP contribution in [0.1, 0.15) is 12.8 Å². The van der Waals surface area contributed by atoms with Crippen LogP contribution in [0.3, 0.4) is 0 Å². The van der Waals surface area contributed by atoms with Gasteiger partial charge in [0.2, 0.25) is 0 Å². The fourth-order valence-corrected chi connectivity index (χ4v) is 1.69. The van der Waals surface area contributed by atoms with Crippen LogP contribution in [0.25, 0.3) is 0 Å². The SMILES string of the molecule is COC(=O)[C@H](Br)CC[C@@H](Br)C(=O)OC. The monoisotopic (exact) mass is 330 g/mol. The summed E-state index contributed by atoms with van der Waals surface area (Å²) >= 11 is 6.31. The molecule has 0 aliphatic carbocycles. The number of rotatable bonds is 5. The minimum atomic E-state index is -0.378. The lowest BCUT2D eigenvalue weighted by atomic mass is 10.2. The molecule has 0 aromatic rings. The third kappa shape index (κ3) is 4.95. The summed E-state index contributed by atoms with van der Waals surface area (Å²) in [4.78, 5) is 21.2. The van der Waals surface area contributed by atoms with Gasteiger partial charge in [-0.25, -0.2) is 0 Å². The number of hydrogen-bond acceptors (Lipinski definition) is 4. The van der Waals surface area contributed by atoms with E-state index in [2.05, 4.69) is 41.3 Å². The minimum absolute atomic E-state index is 0.338. The Morgan fingerprint density at radius 2 is 1.29 bits per heavy atom. The zero-order valence-electron chi connectivity index (χ0n) is 7.96. The molecule has 0 saturated heterocycles. The average Bonchev–Trinajstić information content (AvgIpc) is 2.22. The number of carbonyl (C=O) groups excluding carboxylic acids is 2. The summed E-state index contributed by atoms with van der Waals surface area (Å²) in [6.07, 6.45) is 1.02. The molecule has 0 aliphatic heterocycles. The molecular formula is C8H12Br2O4. The number of methoxy groups -OCH3 is 2. The first-order chi connectivity index (χ1) is 6.52. The van der Waals surface area contributed by atoms with Crippen LogP contribution in [0, 0.1) is 0 Å². The summed E-state index contributed by atoms with van der Waals surface area (Å²) in [5.74, 6) is -0.677. The van der Waals surface area contributed by atoms with E-state index in [0.29, 0.717) is 12.8 Å². The van der Waals surface area contributed by atoms with Crippen LogP contribution in [-0.2, 0) is 19.1 Å².